The minimum absolute atomic E-state index is 0.00538. The van der Waals surface area contributed by atoms with E-state index in [0.29, 0.717) is 30.5 Å². The largest absolute Gasteiger partial charge is 0.326 e. The molecule has 1 heterocycles. The number of halogens is 2. The average molecular weight is 516 g/mol. The van der Waals surface area contributed by atoms with Gasteiger partial charge in [-0.25, -0.2) is 13.6 Å². The van der Waals surface area contributed by atoms with E-state index in [2.05, 4.69) is 5.32 Å². The van der Waals surface area contributed by atoms with Crippen LogP contribution in [-0.2, 0) is 19.6 Å². The molecule has 0 saturated carbocycles. The molecule has 1 aliphatic heterocycles. The van der Waals surface area contributed by atoms with E-state index in [1.807, 2.05) is 0 Å². The molecule has 2 aromatic carbocycles. The topological polar surface area (TPSA) is 110 Å². The minimum Gasteiger partial charge on any atom is -0.326 e. The number of primary sulfonamides is 1. The summed E-state index contributed by atoms with van der Waals surface area (Å²) in [6.45, 7) is 0.0897. The van der Waals surface area contributed by atoms with Crippen molar-refractivity contribution in [2.75, 3.05) is 11.9 Å². The molecule has 0 aromatic heterocycles. The maximum atomic E-state index is 12.7. The maximum Gasteiger partial charge on any atom is 0.266 e. The fraction of sp³-hybridized carbons (Fsp3) is 0.105. The quantitative estimate of drug-likeness (QED) is 0.446. The highest BCUT2D eigenvalue weighted by atomic mass is 35.5. The molecule has 162 valence electrons. The first kappa shape index (κ1) is 23.7. The maximum absolute atomic E-state index is 12.7. The molecule has 2 aromatic rings. The number of carbonyl (C=O) groups excluding carboxylic acids is 2. The van der Waals surface area contributed by atoms with Crippen LogP contribution in [0.1, 0.15) is 12.0 Å². The number of sulfonamides is 1. The van der Waals surface area contributed by atoms with Crippen LogP contribution >= 0.6 is 47.2 Å². The molecule has 1 fully saturated rings. The number of nitrogens with one attached hydrogen (secondary N) is 1. The van der Waals surface area contributed by atoms with Gasteiger partial charge in [-0.2, -0.15) is 0 Å². The number of nitrogens with two attached hydrogens (primary N) is 1. The van der Waals surface area contributed by atoms with Gasteiger partial charge in [0.25, 0.3) is 5.91 Å². The van der Waals surface area contributed by atoms with Crippen LogP contribution in [0.4, 0.5) is 5.69 Å². The molecule has 0 atom stereocenters. The lowest BCUT2D eigenvalue weighted by molar-refractivity contribution is -0.122. The summed E-state index contributed by atoms with van der Waals surface area (Å²) < 4.78 is 22.9. The molecule has 2 amide bonds. The Labute approximate surface area is 198 Å². The van der Waals surface area contributed by atoms with E-state index in [9.17, 15) is 18.0 Å². The Hall–Kier alpha value is -1.95. The third-order valence-corrected chi connectivity index (χ3v) is 7.31. The number of rotatable bonds is 6. The Morgan fingerprint density at radius 1 is 1.19 bits per heavy atom. The summed E-state index contributed by atoms with van der Waals surface area (Å²) in [4.78, 5) is 26.6. The van der Waals surface area contributed by atoms with Gasteiger partial charge in [0.15, 0.2) is 0 Å². The van der Waals surface area contributed by atoms with Gasteiger partial charge < -0.3 is 5.32 Å². The third kappa shape index (κ3) is 5.85. The van der Waals surface area contributed by atoms with Crippen molar-refractivity contribution >= 4 is 85.1 Å². The number of hydrogen-bond donors (Lipinski definition) is 2. The third-order valence-electron chi connectivity index (χ3n) is 4.17. The Bertz CT molecular complexity index is 1200. The van der Waals surface area contributed by atoms with Crippen molar-refractivity contribution in [2.45, 2.75) is 11.3 Å². The van der Waals surface area contributed by atoms with Crippen LogP contribution in [0.25, 0.3) is 6.08 Å². The Kier molecular flexibility index (Phi) is 7.40. The first-order chi connectivity index (χ1) is 14.6. The zero-order valence-corrected chi connectivity index (χ0v) is 19.6. The van der Waals surface area contributed by atoms with Gasteiger partial charge >= 0.3 is 0 Å². The summed E-state index contributed by atoms with van der Waals surface area (Å²) >= 11 is 18.6. The summed E-state index contributed by atoms with van der Waals surface area (Å²) in [6, 6.07) is 10.5. The van der Waals surface area contributed by atoms with Crippen molar-refractivity contribution < 1.29 is 18.0 Å². The van der Waals surface area contributed by atoms with Gasteiger partial charge in [-0.3, -0.25) is 14.5 Å². The monoisotopic (exact) mass is 515 g/mol. The number of carbonyl (C=O) groups is 2. The van der Waals surface area contributed by atoms with E-state index in [0.717, 1.165) is 11.8 Å². The molecule has 1 aliphatic rings. The Morgan fingerprint density at radius 2 is 1.87 bits per heavy atom. The molecule has 0 radical (unpaired) electrons. The van der Waals surface area contributed by atoms with E-state index in [4.69, 9.17) is 40.6 Å². The smallest absolute Gasteiger partial charge is 0.266 e. The van der Waals surface area contributed by atoms with E-state index < -0.39 is 10.0 Å². The number of amides is 2. The second-order valence-corrected chi connectivity index (χ2v) is 10.4. The summed E-state index contributed by atoms with van der Waals surface area (Å²) in [5.41, 5.74) is 0.994. The van der Waals surface area contributed by atoms with Crippen LogP contribution in [0.5, 0.6) is 0 Å². The van der Waals surface area contributed by atoms with Crippen molar-refractivity contribution in [3.8, 4) is 0 Å². The normalized spacial score (nSPS) is 15.6. The van der Waals surface area contributed by atoms with Crippen LogP contribution in [0.2, 0.25) is 10.0 Å². The SMILES string of the molecule is NS(=O)(=O)c1ccc(NC(=O)CCN2C(=O)/C(=C/c3cccc(Cl)c3Cl)SC2=S)cc1. The fourth-order valence-electron chi connectivity index (χ4n) is 2.63. The second kappa shape index (κ2) is 9.68. The van der Waals surface area contributed by atoms with Gasteiger partial charge in [0.2, 0.25) is 15.9 Å². The van der Waals surface area contributed by atoms with Crippen LogP contribution < -0.4 is 10.5 Å². The van der Waals surface area contributed by atoms with Crippen molar-refractivity contribution in [1.82, 2.24) is 4.90 Å². The molecule has 7 nitrogen and oxygen atoms in total. The summed E-state index contributed by atoms with van der Waals surface area (Å²) in [5.74, 6) is -0.685. The van der Waals surface area contributed by atoms with Crippen LogP contribution in [0.15, 0.2) is 52.3 Å². The summed E-state index contributed by atoms with van der Waals surface area (Å²) in [5, 5.41) is 8.38. The Morgan fingerprint density at radius 3 is 2.52 bits per heavy atom. The number of thioether (sulfide) groups is 1. The van der Waals surface area contributed by atoms with Gasteiger partial charge in [-0.05, 0) is 42.0 Å². The summed E-state index contributed by atoms with van der Waals surface area (Å²) in [7, 11) is -3.81. The lowest BCUT2D eigenvalue weighted by Crippen LogP contribution is -2.31. The van der Waals surface area contributed by atoms with Gasteiger partial charge in [-0.15, -0.1) is 0 Å². The number of anilines is 1. The number of thiocarbonyl (C=S) groups is 1. The molecule has 0 unspecified atom stereocenters. The predicted octanol–water partition coefficient (Wildman–Crippen LogP) is 3.87. The molecular weight excluding hydrogens is 501 g/mol. The fourth-order valence-corrected chi connectivity index (χ4v) is 4.81. The second-order valence-electron chi connectivity index (χ2n) is 6.34. The minimum atomic E-state index is -3.81. The average Bonchev–Trinajstić information content (AvgIpc) is 2.96. The van der Waals surface area contributed by atoms with E-state index in [1.54, 1.807) is 24.3 Å². The van der Waals surface area contributed by atoms with Crippen LogP contribution in [0, 0.1) is 0 Å². The predicted molar refractivity (Wildman–Crippen MR) is 127 cm³/mol. The molecule has 0 spiro atoms. The standard InChI is InChI=1S/C19H15Cl2N3O4S3/c20-14-3-1-2-11(17(14)21)10-15-18(26)24(19(29)30-15)9-8-16(25)23-12-4-6-13(7-5-12)31(22,27)28/h1-7,10H,8-9H2,(H,23,25)(H2,22,27,28)/b15-10-. The summed E-state index contributed by atoms with van der Waals surface area (Å²) in [6.07, 6.45) is 1.61. The number of benzene rings is 2. The van der Waals surface area contributed by atoms with Crippen LogP contribution in [-0.4, -0.2) is 36.0 Å². The lowest BCUT2D eigenvalue weighted by Gasteiger charge is -2.14. The van der Waals surface area contributed by atoms with Crippen LogP contribution in [0.3, 0.4) is 0 Å². The van der Waals surface area contributed by atoms with Crippen molar-refractivity contribution in [3.63, 3.8) is 0 Å². The molecule has 1 saturated heterocycles. The molecule has 3 rings (SSSR count). The number of hydrogen-bond acceptors (Lipinski definition) is 6. The van der Waals surface area contributed by atoms with Gasteiger partial charge in [-0.1, -0.05) is 59.3 Å². The molecule has 3 N–H and O–H groups in total. The highest BCUT2D eigenvalue weighted by Crippen LogP contribution is 2.35. The Balaban J connectivity index is 1.62. The van der Waals surface area contributed by atoms with Crippen molar-refractivity contribution in [1.29, 1.82) is 0 Å². The number of nitrogens with zero attached hydrogens (tertiary/aromatic N) is 1. The van der Waals surface area contributed by atoms with E-state index in [1.165, 1.54) is 29.2 Å². The highest BCUT2D eigenvalue weighted by Gasteiger charge is 2.32. The lowest BCUT2D eigenvalue weighted by atomic mass is 10.2. The first-order valence-electron chi connectivity index (χ1n) is 8.68. The van der Waals surface area contributed by atoms with E-state index >= 15 is 0 Å². The van der Waals surface area contributed by atoms with Gasteiger partial charge in [0.1, 0.15) is 4.32 Å². The zero-order chi connectivity index (χ0) is 22.8. The zero-order valence-electron chi connectivity index (χ0n) is 15.7. The van der Waals surface area contributed by atoms with Gasteiger partial charge in [0.05, 0.1) is 19.8 Å². The molecule has 31 heavy (non-hydrogen) atoms. The first-order valence-corrected chi connectivity index (χ1v) is 12.2. The highest BCUT2D eigenvalue weighted by molar-refractivity contribution is 8.26. The molecule has 0 aliphatic carbocycles. The van der Waals surface area contributed by atoms with Crippen molar-refractivity contribution in [2.24, 2.45) is 5.14 Å². The van der Waals surface area contributed by atoms with Gasteiger partial charge in [0, 0.05) is 18.7 Å². The van der Waals surface area contributed by atoms with Crippen molar-refractivity contribution in [3.05, 3.63) is 63.0 Å². The van der Waals surface area contributed by atoms with E-state index in [-0.39, 0.29) is 29.7 Å². The molecule has 0 bridgehead atoms. The molecule has 12 heteroatoms. The molecular formula is C19H15Cl2N3O4S3.